The van der Waals surface area contributed by atoms with E-state index in [9.17, 15) is 0 Å². The van der Waals surface area contributed by atoms with Crippen LogP contribution in [-0.4, -0.2) is 33.4 Å². The molecular weight excluding hydrogens is 248 g/mol. The molecular formula is C14H21ClN2O. The van der Waals surface area contributed by atoms with Gasteiger partial charge in [0.15, 0.2) is 0 Å². The number of methoxy groups -OCH3 is 1. The number of benzene rings is 1. The largest absolute Gasteiger partial charge is 0.383 e. The summed E-state index contributed by atoms with van der Waals surface area (Å²) in [6.45, 7) is 2.43. The van der Waals surface area contributed by atoms with E-state index in [1.807, 2.05) is 12.1 Å². The normalized spacial score (nSPS) is 14.8. The van der Waals surface area contributed by atoms with E-state index >= 15 is 0 Å². The molecule has 1 saturated carbocycles. The lowest BCUT2D eigenvalue weighted by Gasteiger charge is -2.23. The van der Waals surface area contributed by atoms with Gasteiger partial charge in [-0.1, -0.05) is 17.7 Å². The van der Waals surface area contributed by atoms with Gasteiger partial charge in [-0.2, -0.15) is 0 Å². The number of hydrogen-bond donors (Lipinski definition) is 1. The van der Waals surface area contributed by atoms with Crippen molar-refractivity contribution in [1.82, 2.24) is 5.32 Å². The summed E-state index contributed by atoms with van der Waals surface area (Å²) < 4.78 is 5.12. The molecule has 1 aliphatic rings. The van der Waals surface area contributed by atoms with Crippen molar-refractivity contribution in [3.63, 3.8) is 0 Å². The highest BCUT2D eigenvalue weighted by atomic mass is 35.5. The molecule has 0 radical (unpaired) electrons. The maximum absolute atomic E-state index is 6.31. The van der Waals surface area contributed by atoms with E-state index in [2.05, 4.69) is 23.3 Å². The van der Waals surface area contributed by atoms with E-state index in [4.69, 9.17) is 16.3 Å². The topological polar surface area (TPSA) is 24.5 Å². The van der Waals surface area contributed by atoms with Gasteiger partial charge in [0.05, 0.1) is 6.61 Å². The second-order valence-corrected chi connectivity index (χ2v) is 5.21. The Kier molecular flexibility index (Phi) is 4.87. The number of likely N-dealkylation sites (N-methyl/N-ethyl adjacent to an activating group) is 1. The summed E-state index contributed by atoms with van der Waals surface area (Å²) in [4.78, 5) is 2.19. The highest BCUT2D eigenvalue weighted by Gasteiger charge is 2.21. The van der Waals surface area contributed by atoms with Gasteiger partial charge < -0.3 is 15.0 Å². The first kappa shape index (κ1) is 13.7. The smallest absolute Gasteiger partial charge is 0.0637 e. The maximum Gasteiger partial charge on any atom is 0.0637 e. The summed E-state index contributed by atoms with van der Waals surface area (Å²) in [5, 5.41) is 4.36. The van der Waals surface area contributed by atoms with Crippen molar-refractivity contribution < 1.29 is 4.74 Å². The molecule has 0 bridgehead atoms. The second kappa shape index (κ2) is 6.41. The van der Waals surface area contributed by atoms with Crippen LogP contribution in [0.2, 0.25) is 5.02 Å². The van der Waals surface area contributed by atoms with Crippen LogP contribution in [0.1, 0.15) is 18.4 Å². The first-order valence-corrected chi connectivity index (χ1v) is 6.81. The summed E-state index contributed by atoms with van der Waals surface area (Å²) in [5.74, 6) is 0. The van der Waals surface area contributed by atoms with Crippen LogP contribution in [0, 0.1) is 0 Å². The van der Waals surface area contributed by atoms with E-state index in [1.54, 1.807) is 7.11 Å². The van der Waals surface area contributed by atoms with Crippen LogP contribution in [0.3, 0.4) is 0 Å². The molecule has 0 unspecified atom stereocenters. The third-order valence-corrected chi connectivity index (χ3v) is 3.64. The van der Waals surface area contributed by atoms with Crippen LogP contribution >= 0.6 is 11.6 Å². The molecule has 1 aromatic rings. The van der Waals surface area contributed by atoms with Gasteiger partial charge in [-0.05, 0) is 25.0 Å². The first-order valence-electron chi connectivity index (χ1n) is 6.43. The number of hydrogen-bond acceptors (Lipinski definition) is 3. The molecule has 4 heteroatoms. The van der Waals surface area contributed by atoms with Gasteiger partial charge in [0.2, 0.25) is 0 Å². The highest BCUT2D eigenvalue weighted by Crippen LogP contribution is 2.28. The fraction of sp³-hybridized carbons (Fsp3) is 0.571. The molecule has 100 valence electrons. The number of rotatable bonds is 7. The van der Waals surface area contributed by atoms with E-state index in [-0.39, 0.29) is 0 Å². The number of ether oxygens (including phenoxy) is 1. The van der Waals surface area contributed by atoms with Crippen molar-refractivity contribution >= 4 is 17.3 Å². The van der Waals surface area contributed by atoms with Crippen molar-refractivity contribution in [3.05, 3.63) is 28.8 Å². The lowest BCUT2D eigenvalue weighted by Crippen LogP contribution is -2.25. The molecule has 0 aromatic heterocycles. The van der Waals surface area contributed by atoms with E-state index in [1.165, 1.54) is 24.1 Å². The van der Waals surface area contributed by atoms with Crippen LogP contribution in [0.15, 0.2) is 18.2 Å². The van der Waals surface area contributed by atoms with Gasteiger partial charge in [-0.25, -0.2) is 0 Å². The van der Waals surface area contributed by atoms with Gasteiger partial charge in [0, 0.05) is 49.6 Å². The Hall–Kier alpha value is -0.770. The van der Waals surface area contributed by atoms with Crippen molar-refractivity contribution in [2.45, 2.75) is 25.4 Å². The minimum Gasteiger partial charge on any atom is -0.383 e. The second-order valence-electron chi connectivity index (χ2n) is 4.81. The summed E-state index contributed by atoms with van der Waals surface area (Å²) in [5.41, 5.74) is 2.37. The van der Waals surface area contributed by atoms with E-state index in [0.717, 1.165) is 24.7 Å². The predicted molar refractivity (Wildman–Crippen MR) is 76.5 cm³/mol. The van der Waals surface area contributed by atoms with E-state index < -0.39 is 0 Å². The third kappa shape index (κ3) is 3.61. The minimum absolute atomic E-state index is 0.693. The van der Waals surface area contributed by atoms with Crippen molar-refractivity contribution in [1.29, 1.82) is 0 Å². The Morgan fingerprint density at radius 3 is 2.89 bits per heavy atom. The highest BCUT2D eigenvalue weighted by molar-refractivity contribution is 6.31. The number of nitrogens with one attached hydrogen (secondary N) is 1. The zero-order valence-corrected chi connectivity index (χ0v) is 11.8. The van der Waals surface area contributed by atoms with Crippen LogP contribution in [0.5, 0.6) is 0 Å². The molecule has 0 spiro atoms. The third-order valence-electron chi connectivity index (χ3n) is 3.28. The van der Waals surface area contributed by atoms with Gasteiger partial charge in [-0.15, -0.1) is 0 Å². The fourth-order valence-corrected chi connectivity index (χ4v) is 2.20. The lowest BCUT2D eigenvalue weighted by atomic mass is 10.1. The fourth-order valence-electron chi connectivity index (χ4n) is 1.96. The number of nitrogens with zero attached hydrogens (tertiary/aromatic N) is 1. The zero-order valence-electron chi connectivity index (χ0n) is 11.1. The molecule has 2 rings (SSSR count). The molecule has 1 N–H and O–H groups in total. The number of halogens is 1. The molecule has 1 fully saturated rings. The van der Waals surface area contributed by atoms with Gasteiger partial charge in [-0.3, -0.25) is 0 Å². The quantitative estimate of drug-likeness (QED) is 0.823. The Balaban J connectivity index is 2.08. The van der Waals surface area contributed by atoms with Crippen LogP contribution < -0.4 is 10.2 Å². The van der Waals surface area contributed by atoms with Crippen molar-refractivity contribution in [2.24, 2.45) is 0 Å². The monoisotopic (exact) mass is 268 g/mol. The van der Waals surface area contributed by atoms with Crippen molar-refractivity contribution in [2.75, 3.05) is 32.2 Å². The molecule has 0 atom stereocenters. The summed E-state index contributed by atoms with van der Waals surface area (Å²) >= 11 is 6.31. The molecule has 0 heterocycles. The summed E-state index contributed by atoms with van der Waals surface area (Å²) in [6.07, 6.45) is 2.58. The molecule has 0 saturated heterocycles. The SMILES string of the molecule is COCCN(C)c1cccc(Cl)c1CNC1CC1. The molecule has 0 aliphatic heterocycles. The summed E-state index contributed by atoms with van der Waals surface area (Å²) in [7, 11) is 3.80. The van der Waals surface area contributed by atoms with Crippen LogP contribution in [0.25, 0.3) is 0 Å². The standard InChI is InChI=1S/C14H21ClN2O/c1-17(8-9-18-2)14-5-3-4-13(15)12(14)10-16-11-6-7-11/h3-5,11,16H,6-10H2,1-2H3. The van der Waals surface area contributed by atoms with Gasteiger partial charge >= 0.3 is 0 Å². The summed E-state index contributed by atoms with van der Waals surface area (Å²) in [6, 6.07) is 6.77. The Bertz CT molecular complexity index is 393. The van der Waals surface area contributed by atoms with Crippen LogP contribution in [0.4, 0.5) is 5.69 Å². The van der Waals surface area contributed by atoms with Gasteiger partial charge in [0.25, 0.3) is 0 Å². The van der Waals surface area contributed by atoms with Crippen molar-refractivity contribution in [3.8, 4) is 0 Å². The Morgan fingerprint density at radius 1 is 1.44 bits per heavy atom. The average Bonchev–Trinajstić information content (AvgIpc) is 3.18. The maximum atomic E-state index is 6.31. The molecule has 0 amide bonds. The lowest BCUT2D eigenvalue weighted by molar-refractivity contribution is 0.206. The number of anilines is 1. The minimum atomic E-state index is 0.693. The first-order chi connectivity index (χ1) is 8.72. The molecule has 1 aromatic carbocycles. The predicted octanol–water partition coefficient (Wildman–Crippen LogP) is 2.67. The molecule has 1 aliphatic carbocycles. The zero-order chi connectivity index (χ0) is 13.0. The van der Waals surface area contributed by atoms with Crippen LogP contribution in [-0.2, 0) is 11.3 Å². The molecule has 3 nitrogen and oxygen atoms in total. The Morgan fingerprint density at radius 2 is 2.22 bits per heavy atom. The van der Waals surface area contributed by atoms with Gasteiger partial charge in [0.1, 0.15) is 0 Å². The Labute approximate surface area is 114 Å². The average molecular weight is 269 g/mol. The van der Waals surface area contributed by atoms with E-state index in [0.29, 0.717) is 6.04 Å². The molecule has 18 heavy (non-hydrogen) atoms.